The summed E-state index contributed by atoms with van der Waals surface area (Å²) in [6.45, 7) is 4.68. The molecule has 94 valence electrons. The number of furan rings is 1. The third-order valence-corrected chi connectivity index (χ3v) is 3.60. The Bertz CT molecular complexity index is 533. The van der Waals surface area contributed by atoms with Gasteiger partial charge in [-0.15, -0.1) is 17.9 Å². The molecule has 2 heterocycles. The molecule has 0 spiro atoms. The Hall–Kier alpha value is -1.52. The van der Waals surface area contributed by atoms with Gasteiger partial charge in [-0.05, 0) is 18.2 Å². The van der Waals surface area contributed by atoms with Crippen LogP contribution in [-0.4, -0.2) is 17.4 Å². The Morgan fingerprint density at radius 2 is 2.33 bits per heavy atom. The highest BCUT2D eigenvalue weighted by molar-refractivity contribution is 7.16. The summed E-state index contributed by atoms with van der Waals surface area (Å²) in [5, 5.41) is 0. The maximum Gasteiger partial charge on any atom is 0.257 e. The van der Waals surface area contributed by atoms with Crippen LogP contribution in [0.4, 0.5) is 0 Å². The molecule has 5 heteroatoms. The number of halogens is 1. The molecule has 2 rings (SSSR count). The molecule has 0 saturated heterocycles. The lowest BCUT2D eigenvalue weighted by molar-refractivity contribution is 0.0763. The van der Waals surface area contributed by atoms with Crippen LogP contribution in [0.25, 0.3) is 0 Å². The van der Waals surface area contributed by atoms with Crippen molar-refractivity contribution in [3.8, 4) is 0 Å². The zero-order valence-electron chi connectivity index (χ0n) is 9.64. The lowest BCUT2D eigenvalue weighted by Crippen LogP contribution is -2.30. The number of hydrogen-bond donors (Lipinski definition) is 0. The lowest BCUT2D eigenvalue weighted by Gasteiger charge is -2.19. The molecule has 0 bridgehead atoms. The third kappa shape index (κ3) is 3.03. The molecule has 0 unspecified atom stereocenters. The van der Waals surface area contributed by atoms with Gasteiger partial charge in [-0.25, -0.2) is 0 Å². The molecule has 2 aromatic heterocycles. The van der Waals surface area contributed by atoms with E-state index >= 15 is 0 Å². The van der Waals surface area contributed by atoms with E-state index in [0.717, 1.165) is 9.21 Å². The molecule has 0 radical (unpaired) electrons. The average molecular weight is 282 g/mol. The molecule has 1 amide bonds. The number of hydrogen-bond acceptors (Lipinski definition) is 3. The maximum absolute atomic E-state index is 12.2. The molecule has 0 aliphatic heterocycles. The summed E-state index contributed by atoms with van der Waals surface area (Å²) in [4.78, 5) is 14.9. The minimum atomic E-state index is -0.0758. The SMILES string of the molecule is C=CCN(Cc1ccc(Cl)s1)C(=O)c1ccoc1. The molecular formula is C13H12ClNO2S. The van der Waals surface area contributed by atoms with Crippen molar-refractivity contribution in [3.05, 3.63) is 58.2 Å². The van der Waals surface area contributed by atoms with Crippen molar-refractivity contribution in [1.82, 2.24) is 4.90 Å². The molecule has 0 saturated carbocycles. The summed E-state index contributed by atoms with van der Waals surface area (Å²) in [5.41, 5.74) is 0.541. The first kappa shape index (κ1) is 12.9. The van der Waals surface area contributed by atoms with E-state index in [4.69, 9.17) is 16.0 Å². The van der Waals surface area contributed by atoms with Crippen LogP contribution in [0, 0.1) is 0 Å². The van der Waals surface area contributed by atoms with E-state index in [1.54, 1.807) is 17.0 Å². The minimum Gasteiger partial charge on any atom is -0.472 e. The molecule has 0 fully saturated rings. The van der Waals surface area contributed by atoms with Gasteiger partial charge in [0, 0.05) is 11.4 Å². The summed E-state index contributed by atoms with van der Waals surface area (Å²) in [6.07, 6.45) is 4.63. The number of amides is 1. The van der Waals surface area contributed by atoms with Crippen molar-refractivity contribution in [2.24, 2.45) is 0 Å². The van der Waals surface area contributed by atoms with Crippen LogP contribution in [0.1, 0.15) is 15.2 Å². The van der Waals surface area contributed by atoms with Crippen LogP contribution in [0.2, 0.25) is 4.34 Å². The fraction of sp³-hybridized carbons (Fsp3) is 0.154. The Morgan fingerprint density at radius 3 is 2.89 bits per heavy atom. The monoisotopic (exact) mass is 281 g/mol. The topological polar surface area (TPSA) is 33.5 Å². The van der Waals surface area contributed by atoms with Crippen molar-refractivity contribution in [2.75, 3.05) is 6.54 Å². The van der Waals surface area contributed by atoms with Crippen LogP contribution in [0.5, 0.6) is 0 Å². The second kappa shape index (κ2) is 5.89. The van der Waals surface area contributed by atoms with Crippen LogP contribution in [0.3, 0.4) is 0 Å². The van der Waals surface area contributed by atoms with E-state index in [-0.39, 0.29) is 5.91 Å². The van der Waals surface area contributed by atoms with E-state index < -0.39 is 0 Å². The molecule has 2 aromatic rings. The van der Waals surface area contributed by atoms with E-state index in [9.17, 15) is 4.79 Å². The van der Waals surface area contributed by atoms with Gasteiger partial charge in [0.2, 0.25) is 0 Å². The second-order valence-electron chi connectivity index (χ2n) is 3.69. The maximum atomic E-state index is 12.2. The van der Waals surface area contributed by atoms with E-state index in [0.29, 0.717) is 18.7 Å². The molecular weight excluding hydrogens is 270 g/mol. The zero-order valence-corrected chi connectivity index (χ0v) is 11.2. The smallest absolute Gasteiger partial charge is 0.257 e. The predicted octanol–water partition coefficient (Wildman–Crippen LogP) is 3.82. The van der Waals surface area contributed by atoms with Crippen LogP contribution in [0.15, 0.2) is 47.8 Å². The van der Waals surface area contributed by atoms with Gasteiger partial charge in [0.1, 0.15) is 6.26 Å². The first-order valence-corrected chi connectivity index (χ1v) is 6.56. The van der Waals surface area contributed by atoms with Gasteiger partial charge in [-0.1, -0.05) is 17.7 Å². The van der Waals surface area contributed by atoms with Gasteiger partial charge in [-0.3, -0.25) is 4.79 Å². The number of nitrogens with zero attached hydrogens (tertiary/aromatic N) is 1. The highest BCUT2D eigenvalue weighted by Gasteiger charge is 2.16. The van der Waals surface area contributed by atoms with Gasteiger partial charge < -0.3 is 9.32 Å². The summed E-state index contributed by atoms with van der Waals surface area (Å²) >= 11 is 7.35. The van der Waals surface area contributed by atoms with Crippen LogP contribution >= 0.6 is 22.9 Å². The second-order valence-corrected chi connectivity index (χ2v) is 5.49. The van der Waals surface area contributed by atoms with E-state index in [1.807, 2.05) is 12.1 Å². The summed E-state index contributed by atoms with van der Waals surface area (Å²) in [6, 6.07) is 5.40. The Balaban J connectivity index is 2.13. The fourth-order valence-corrected chi connectivity index (χ4v) is 2.67. The Kier molecular flexibility index (Phi) is 4.23. The molecule has 18 heavy (non-hydrogen) atoms. The average Bonchev–Trinajstić information content (AvgIpc) is 2.99. The number of carbonyl (C=O) groups excluding carboxylic acids is 1. The number of rotatable bonds is 5. The van der Waals surface area contributed by atoms with Crippen molar-refractivity contribution >= 4 is 28.8 Å². The first-order valence-electron chi connectivity index (χ1n) is 5.37. The van der Waals surface area contributed by atoms with Gasteiger partial charge >= 0.3 is 0 Å². The highest BCUT2D eigenvalue weighted by Crippen LogP contribution is 2.23. The Morgan fingerprint density at radius 1 is 1.50 bits per heavy atom. The molecule has 0 aromatic carbocycles. The van der Waals surface area contributed by atoms with Crippen LogP contribution < -0.4 is 0 Å². The molecule has 0 N–H and O–H groups in total. The predicted molar refractivity (Wildman–Crippen MR) is 73.0 cm³/mol. The summed E-state index contributed by atoms with van der Waals surface area (Å²) < 4.78 is 5.65. The summed E-state index contributed by atoms with van der Waals surface area (Å²) in [7, 11) is 0. The van der Waals surface area contributed by atoms with E-state index in [1.165, 1.54) is 23.9 Å². The quantitative estimate of drug-likeness (QED) is 0.781. The fourth-order valence-electron chi connectivity index (χ4n) is 1.57. The van der Waals surface area contributed by atoms with Gasteiger partial charge in [0.05, 0.1) is 22.7 Å². The van der Waals surface area contributed by atoms with E-state index in [2.05, 4.69) is 6.58 Å². The Labute approximate surface area is 114 Å². The zero-order chi connectivity index (χ0) is 13.0. The first-order chi connectivity index (χ1) is 8.70. The van der Waals surface area contributed by atoms with Crippen molar-refractivity contribution in [2.45, 2.75) is 6.54 Å². The van der Waals surface area contributed by atoms with Gasteiger partial charge in [0.15, 0.2) is 0 Å². The molecule has 3 nitrogen and oxygen atoms in total. The summed E-state index contributed by atoms with van der Waals surface area (Å²) in [5.74, 6) is -0.0758. The standard InChI is InChI=1S/C13H12ClNO2S/c1-2-6-15(8-11-3-4-12(14)18-11)13(16)10-5-7-17-9-10/h2-5,7,9H,1,6,8H2. The van der Waals surface area contributed by atoms with Crippen molar-refractivity contribution in [3.63, 3.8) is 0 Å². The minimum absolute atomic E-state index is 0.0758. The highest BCUT2D eigenvalue weighted by atomic mass is 35.5. The lowest BCUT2D eigenvalue weighted by atomic mass is 10.2. The third-order valence-electron chi connectivity index (χ3n) is 2.38. The van der Waals surface area contributed by atoms with Gasteiger partial charge in [0.25, 0.3) is 5.91 Å². The van der Waals surface area contributed by atoms with Gasteiger partial charge in [-0.2, -0.15) is 0 Å². The normalized spacial score (nSPS) is 10.3. The molecule has 0 atom stereocenters. The number of carbonyl (C=O) groups is 1. The van der Waals surface area contributed by atoms with Crippen molar-refractivity contribution in [1.29, 1.82) is 0 Å². The largest absolute Gasteiger partial charge is 0.472 e. The van der Waals surface area contributed by atoms with Crippen LogP contribution in [-0.2, 0) is 6.54 Å². The van der Waals surface area contributed by atoms with Crippen molar-refractivity contribution < 1.29 is 9.21 Å². The molecule has 0 aliphatic rings. The molecule has 0 aliphatic carbocycles. The number of thiophene rings is 1.